The topological polar surface area (TPSA) is 46.2 Å². The molecule has 2 nitrogen and oxygen atoms in total. The Morgan fingerprint density at radius 2 is 1.79 bits per heavy atom. The third-order valence-corrected chi connectivity index (χ3v) is 5.03. The summed E-state index contributed by atoms with van der Waals surface area (Å²) in [6.07, 6.45) is 5.47. The van der Waals surface area contributed by atoms with Crippen LogP contribution in [0.3, 0.4) is 0 Å². The fourth-order valence-corrected chi connectivity index (χ4v) is 3.61. The summed E-state index contributed by atoms with van der Waals surface area (Å²) in [7, 11) is 0. The van der Waals surface area contributed by atoms with Gasteiger partial charge in [-0.25, -0.2) is 0 Å². The Kier molecular flexibility index (Phi) is 7.33. The minimum atomic E-state index is -0.448. The summed E-state index contributed by atoms with van der Waals surface area (Å²) in [5.74, 6) is 0.347. The molecule has 0 spiro atoms. The van der Waals surface area contributed by atoms with E-state index >= 15 is 0 Å². The molecule has 0 radical (unpaired) electrons. The van der Waals surface area contributed by atoms with E-state index in [2.05, 4.69) is 31.9 Å². The van der Waals surface area contributed by atoms with E-state index in [1.807, 2.05) is 18.2 Å². The van der Waals surface area contributed by atoms with Crippen LogP contribution in [0.25, 0.3) is 0 Å². The fraction of sp³-hybridized carbons (Fsp3) is 0.571. The van der Waals surface area contributed by atoms with Crippen LogP contribution in [0.2, 0.25) is 0 Å². The Morgan fingerprint density at radius 1 is 1.16 bits per heavy atom. The van der Waals surface area contributed by atoms with Crippen molar-refractivity contribution in [3.63, 3.8) is 0 Å². The van der Waals surface area contributed by atoms with Gasteiger partial charge in [-0.05, 0) is 42.5 Å². The standard InChI is InChI=1S/C14H19Br2NO.ClH/c15-10-6-7-12(16)11(8-10)13(17)14(18)9-4-2-1-3-5-9;/h6-9,13-14,18H,1-5,17H2;1H/t13-,14+;/m0./s1. The predicted molar refractivity (Wildman–Crippen MR) is 88.6 cm³/mol. The zero-order valence-electron chi connectivity index (χ0n) is 10.7. The van der Waals surface area contributed by atoms with Crippen molar-refractivity contribution in [3.05, 3.63) is 32.7 Å². The molecule has 19 heavy (non-hydrogen) atoms. The number of aliphatic hydroxyl groups excluding tert-OH is 1. The number of benzene rings is 1. The van der Waals surface area contributed by atoms with Gasteiger partial charge in [-0.3, -0.25) is 0 Å². The van der Waals surface area contributed by atoms with Crippen LogP contribution in [0.15, 0.2) is 27.1 Å². The van der Waals surface area contributed by atoms with Crippen molar-refractivity contribution in [3.8, 4) is 0 Å². The van der Waals surface area contributed by atoms with E-state index in [0.717, 1.165) is 27.4 Å². The molecular formula is C14H20Br2ClNO. The van der Waals surface area contributed by atoms with Crippen LogP contribution in [-0.4, -0.2) is 11.2 Å². The lowest BCUT2D eigenvalue weighted by atomic mass is 9.81. The molecule has 2 rings (SSSR count). The van der Waals surface area contributed by atoms with Gasteiger partial charge in [0.2, 0.25) is 0 Å². The van der Waals surface area contributed by atoms with E-state index in [9.17, 15) is 5.11 Å². The normalized spacial score (nSPS) is 19.6. The largest absolute Gasteiger partial charge is 0.391 e. The highest BCUT2D eigenvalue weighted by Crippen LogP contribution is 2.34. The van der Waals surface area contributed by atoms with Crippen LogP contribution in [0, 0.1) is 5.92 Å². The first-order chi connectivity index (χ1) is 8.59. The second-order valence-electron chi connectivity index (χ2n) is 5.08. The molecule has 1 saturated carbocycles. The van der Waals surface area contributed by atoms with E-state index in [1.165, 1.54) is 19.3 Å². The molecule has 1 aromatic carbocycles. The molecule has 0 heterocycles. The highest BCUT2D eigenvalue weighted by atomic mass is 79.9. The molecular weight excluding hydrogens is 393 g/mol. The zero-order valence-corrected chi connectivity index (χ0v) is 14.7. The first-order valence-electron chi connectivity index (χ1n) is 6.48. The summed E-state index contributed by atoms with van der Waals surface area (Å²) >= 11 is 6.96. The minimum absolute atomic E-state index is 0. The van der Waals surface area contributed by atoms with Crippen LogP contribution in [-0.2, 0) is 0 Å². The number of aliphatic hydroxyl groups is 1. The van der Waals surface area contributed by atoms with Crippen molar-refractivity contribution in [2.75, 3.05) is 0 Å². The van der Waals surface area contributed by atoms with E-state index < -0.39 is 6.10 Å². The molecule has 1 aliphatic carbocycles. The van der Waals surface area contributed by atoms with Crippen molar-refractivity contribution < 1.29 is 5.11 Å². The van der Waals surface area contributed by atoms with Gasteiger partial charge in [0.15, 0.2) is 0 Å². The fourth-order valence-electron chi connectivity index (χ4n) is 2.72. The first kappa shape index (κ1) is 17.4. The molecule has 108 valence electrons. The van der Waals surface area contributed by atoms with E-state index in [4.69, 9.17) is 5.73 Å². The maximum atomic E-state index is 10.5. The SMILES string of the molecule is Cl.N[C@@H](c1cc(Br)ccc1Br)[C@H](O)C1CCCCC1. The second kappa shape index (κ2) is 7.99. The molecule has 0 saturated heterocycles. The van der Waals surface area contributed by atoms with Gasteiger partial charge in [0.25, 0.3) is 0 Å². The third kappa shape index (κ3) is 4.43. The Morgan fingerprint density at radius 3 is 2.42 bits per heavy atom. The first-order valence-corrected chi connectivity index (χ1v) is 8.07. The number of rotatable bonds is 3. The maximum absolute atomic E-state index is 10.5. The van der Waals surface area contributed by atoms with Crippen LogP contribution in [0.4, 0.5) is 0 Å². The molecule has 0 unspecified atom stereocenters. The summed E-state index contributed by atoms with van der Waals surface area (Å²) in [5.41, 5.74) is 7.21. The van der Waals surface area contributed by atoms with Crippen molar-refractivity contribution >= 4 is 44.3 Å². The number of halogens is 3. The van der Waals surface area contributed by atoms with Crippen LogP contribution < -0.4 is 5.73 Å². The second-order valence-corrected chi connectivity index (χ2v) is 6.85. The number of nitrogens with two attached hydrogens (primary N) is 1. The molecule has 0 aromatic heterocycles. The molecule has 1 aromatic rings. The third-order valence-electron chi connectivity index (χ3n) is 3.82. The van der Waals surface area contributed by atoms with Gasteiger partial charge in [-0.1, -0.05) is 51.1 Å². The predicted octanol–water partition coefficient (Wildman–Crippen LogP) is 4.57. The smallest absolute Gasteiger partial charge is 0.0761 e. The quantitative estimate of drug-likeness (QED) is 0.762. The molecule has 3 N–H and O–H groups in total. The van der Waals surface area contributed by atoms with E-state index in [1.54, 1.807) is 0 Å². The van der Waals surface area contributed by atoms with E-state index in [-0.39, 0.29) is 18.4 Å². The van der Waals surface area contributed by atoms with Gasteiger partial charge in [0.1, 0.15) is 0 Å². The monoisotopic (exact) mass is 411 g/mol. The number of hydrogen-bond acceptors (Lipinski definition) is 2. The van der Waals surface area contributed by atoms with Gasteiger partial charge in [-0.2, -0.15) is 0 Å². The van der Waals surface area contributed by atoms with Gasteiger partial charge in [-0.15, -0.1) is 12.4 Å². The molecule has 5 heteroatoms. The van der Waals surface area contributed by atoms with Crippen molar-refractivity contribution in [2.45, 2.75) is 44.2 Å². The zero-order chi connectivity index (χ0) is 13.1. The van der Waals surface area contributed by atoms with Gasteiger partial charge >= 0.3 is 0 Å². The average Bonchev–Trinajstić information content (AvgIpc) is 2.41. The summed E-state index contributed by atoms with van der Waals surface area (Å²) in [5, 5.41) is 10.5. The molecule has 0 aliphatic heterocycles. The van der Waals surface area contributed by atoms with Crippen LogP contribution in [0.5, 0.6) is 0 Å². The Hall–Kier alpha value is 0.390. The molecule has 1 aliphatic rings. The Bertz CT molecular complexity index is 410. The van der Waals surface area contributed by atoms with Gasteiger partial charge < -0.3 is 10.8 Å². The van der Waals surface area contributed by atoms with Gasteiger partial charge in [0.05, 0.1) is 12.1 Å². The average molecular weight is 414 g/mol. The van der Waals surface area contributed by atoms with E-state index in [0.29, 0.717) is 5.92 Å². The van der Waals surface area contributed by atoms with Crippen LogP contribution in [0.1, 0.15) is 43.7 Å². The lowest BCUT2D eigenvalue weighted by Crippen LogP contribution is -2.34. The lowest BCUT2D eigenvalue weighted by Gasteiger charge is -2.31. The molecule has 1 fully saturated rings. The summed E-state index contributed by atoms with van der Waals surface area (Å²) in [6, 6.07) is 5.60. The van der Waals surface area contributed by atoms with Crippen molar-refractivity contribution in [1.82, 2.24) is 0 Å². The molecule has 0 amide bonds. The Balaban J connectivity index is 0.00000180. The van der Waals surface area contributed by atoms with Crippen molar-refractivity contribution in [2.24, 2.45) is 11.7 Å². The highest BCUT2D eigenvalue weighted by Gasteiger charge is 2.28. The summed E-state index contributed by atoms with van der Waals surface area (Å²) in [4.78, 5) is 0. The minimum Gasteiger partial charge on any atom is -0.391 e. The Labute approximate surface area is 137 Å². The lowest BCUT2D eigenvalue weighted by molar-refractivity contribution is 0.0616. The van der Waals surface area contributed by atoms with Crippen molar-refractivity contribution in [1.29, 1.82) is 0 Å². The summed E-state index contributed by atoms with van der Waals surface area (Å²) in [6.45, 7) is 0. The maximum Gasteiger partial charge on any atom is 0.0761 e. The molecule has 0 bridgehead atoms. The number of hydrogen-bond donors (Lipinski definition) is 2. The summed E-state index contributed by atoms with van der Waals surface area (Å²) < 4.78 is 1.96. The van der Waals surface area contributed by atoms with Crippen LogP contribution >= 0.6 is 44.3 Å². The highest BCUT2D eigenvalue weighted by molar-refractivity contribution is 9.11. The molecule has 2 atom stereocenters. The van der Waals surface area contributed by atoms with Gasteiger partial charge in [0, 0.05) is 8.95 Å².